The third-order valence-electron chi connectivity index (χ3n) is 1.90. The fraction of sp³-hybridized carbons (Fsp3) is 1.00. The van der Waals surface area contributed by atoms with Crippen LogP contribution in [0.4, 0.5) is 0 Å². The third-order valence-corrected chi connectivity index (χ3v) is 1.90. The Morgan fingerprint density at radius 3 is 2.80 bits per heavy atom. The van der Waals surface area contributed by atoms with E-state index in [2.05, 4.69) is 6.92 Å². The first-order valence-corrected chi connectivity index (χ1v) is 3.64. The molecule has 0 aliphatic carbocycles. The largest absolute Gasteiger partial charge is 0.382 e. The molecule has 0 bridgehead atoms. The molecule has 10 heavy (non-hydrogen) atoms. The van der Waals surface area contributed by atoms with Crippen LogP contribution in [0.15, 0.2) is 0 Å². The van der Waals surface area contributed by atoms with Crippen molar-refractivity contribution in [2.75, 3.05) is 13.7 Å². The molecule has 0 aromatic heterocycles. The summed E-state index contributed by atoms with van der Waals surface area (Å²) in [6, 6.07) is -0.0832. The van der Waals surface area contributed by atoms with Crippen LogP contribution in [0.3, 0.4) is 0 Å². The minimum atomic E-state index is -0.0832. The van der Waals surface area contributed by atoms with Crippen molar-refractivity contribution in [3.05, 3.63) is 0 Å². The van der Waals surface area contributed by atoms with E-state index in [1.165, 1.54) is 0 Å². The van der Waals surface area contributed by atoms with Crippen LogP contribution in [-0.4, -0.2) is 33.7 Å². The number of rotatable bonds is 2. The first-order valence-electron chi connectivity index (χ1n) is 3.64. The predicted molar refractivity (Wildman–Crippen MR) is 40.1 cm³/mol. The van der Waals surface area contributed by atoms with Gasteiger partial charge in [-0.15, -0.1) is 0 Å². The highest BCUT2D eigenvalue weighted by molar-refractivity contribution is 6.11. The van der Waals surface area contributed by atoms with Gasteiger partial charge in [-0.05, 0) is 12.3 Å². The fourth-order valence-electron chi connectivity index (χ4n) is 1.25. The summed E-state index contributed by atoms with van der Waals surface area (Å²) in [4.78, 5) is 0. The second-order valence-corrected chi connectivity index (χ2v) is 2.89. The van der Waals surface area contributed by atoms with Gasteiger partial charge in [0.1, 0.15) is 7.85 Å². The van der Waals surface area contributed by atoms with E-state index in [-0.39, 0.29) is 12.1 Å². The third kappa shape index (κ3) is 1.73. The van der Waals surface area contributed by atoms with Crippen LogP contribution < -0.4 is 0 Å². The molecular weight excluding hydrogens is 127 g/mol. The van der Waals surface area contributed by atoms with E-state index in [4.69, 9.17) is 17.3 Å². The van der Waals surface area contributed by atoms with Crippen LogP contribution in [-0.2, 0) is 9.47 Å². The van der Waals surface area contributed by atoms with Crippen LogP contribution >= 0.6 is 0 Å². The highest BCUT2D eigenvalue weighted by Gasteiger charge is 2.27. The predicted octanol–water partition coefficient (Wildman–Crippen LogP) is 0.552. The van der Waals surface area contributed by atoms with E-state index < -0.39 is 0 Å². The molecule has 0 saturated carbocycles. The Morgan fingerprint density at radius 1 is 1.70 bits per heavy atom. The van der Waals surface area contributed by atoms with Gasteiger partial charge in [-0.25, -0.2) is 0 Å². The molecule has 3 unspecified atom stereocenters. The van der Waals surface area contributed by atoms with Crippen LogP contribution in [0.1, 0.15) is 13.3 Å². The SMILES string of the molecule is [B]C1OC(COC)CC1C. The highest BCUT2D eigenvalue weighted by atomic mass is 16.5. The summed E-state index contributed by atoms with van der Waals surface area (Å²) < 4.78 is 10.3. The topological polar surface area (TPSA) is 18.5 Å². The minimum absolute atomic E-state index is 0.0832. The van der Waals surface area contributed by atoms with E-state index in [0.29, 0.717) is 12.5 Å². The second-order valence-electron chi connectivity index (χ2n) is 2.89. The number of hydrogen-bond donors (Lipinski definition) is 0. The van der Waals surface area contributed by atoms with Crippen LogP contribution in [0.5, 0.6) is 0 Å². The van der Waals surface area contributed by atoms with Gasteiger partial charge in [0.25, 0.3) is 0 Å². The van der Waals surface area contributed by atoms with E-state index in [0.717, 1.165) is 6.42 Å². The Balaban J connectivity index is 2.27. The van der Waals surface area contributed by atoms with Gasteiger partial charge in [0, 0.05) is 13.1 Å². The van der Waals surface area contributed by atoms with Gasteiger partial charge in [-0.1, -0.05) is 6.92 Å². The first-order chi connectivity index (χ1) is 4.74. The second kappa shape index (κ2) is 3.40. The van der Waals surface area contributed by atoms with Gasteiger partial charge in [0.2, 0.25) is 0 Å². The smallest absolute Gasteiger partial charge is 0.109 e. The van der Waals surface area contributed by atoms with Crippen molar-refractivity contribution < 1.29 is 9.47 Å². The molecule has 0 aromatic carbocycles. The Morgan fingerprint density at radius 2 is 2.40 bits per heavy atom. The Hall–Kier alpha value is -0.0151. The summed E-state index contributed by atoms with van der Waals surface area (Å²) >= 11 is 0. The molecule has 1 heterocycles. The van der Waals surface area contributed by atoms with Crippen LogP contribution in [0.25, 0.3) is 0 Å². The molecule has 1 aliphatic rings. The van der Waals surface area contributed by atoms with Gasteiger partial charge in [0.15, 0.2) is 0 Å². The lowest BCUT2D eigenvalue weighted by Gasteiger charge is -2.09. The van der Waals surface area contributed by atoms with E-state index in [9.17, 15) is 0 Å². The van der Waals surface area contributed by atoms with Gasteiger partial charge < -0.3 is 9.47 Å². The van der Waals surface area contributed by atoms with Crippen molar-refractivity contribution in [1.82, 2.24) is 0 Å². The zero-order valence-corrected chi connectivity index (χ0v) is 6.54. The normalized spacial score (nSPS) is 40.4. The summed E-state index contributed by atoms with van der Waals surface area (Å²) in [6.07, 6.45) is 1.24. The quantitative estimate of drug-likeness (QED) is 0.521. The molecule has 1 rings (SSSR count). The summed E-state index contributed by atoms with van der Waals surface area (Å²) in [6.45, 7) is 2.76. The minimum Gasteiger partial charge on any atom is -0.382 e. The fourth-order valence-corrected chi connectivity index (χ4v) is 1.25. The lowest BCUT2D eigenvalue weighted by atomic mass is 9.88. The van der Waals surface area contributed by atoms with Gasteiger partial charge in [-0.3, -0.25) is 0 Å². The van der Waals surface area contributed by atoms with Gasteiger partial charge in [-0.2, -0.15) is 0 Å². The molecule has 56 valence electrons. The molecule has 1 fully saturated rings. The van der Waals surface area contributed by atoms with E-state index >= 15 is 0 Å². The summed E-state index contributed by atoms with van der Waals surface area (Å²) in [5, 5.41) is 0. The van der Waals surface area contributed by atoms with E-state index in [1.807, 2.05) is 0 Å². The molecule has 0 amide bonds. The van der Waals surface area contributed by atoms with Crippen molar-refractivity contribution in [2.45, 2.75) is 25.5 Å². The summed E-state index contributed by atoms with van der Waals surface area (Å²) in [5.74, 6) is 0.472. The molecular formula is C7H13BO2. The molecule has 1 saturated heterocycles. The standard InChI is InChI=1S/C7H13BO2/c1-5-3-6(4-9-2)10-7(5)8/h5-7H,3-4H2,1-2H3. The van der Waals surface area contributed by atoms with Crippen molar-refractivity contribution in [3.8, 4) is 0 Å². The van der Waals surface area contributed by atoms with Gasteiger partial charge >= 0.3 is 0 Å². The molecule has 2 nitrogen and oxygen atoms in total. The highest BCUT2D eigenvalue weighted by Crippen LogP contribution is 2.23. The molecule has 1 aliphatic heterocycles. The maximum atomic E-state index is 5.62. The first kappa shape index (κ1) is 8.09. The maximum Gasteiger partial charge on any atom is 0.109 e. The summed E-state index contributed by atoms with van der Waals surface area (Å²) in [5.41, 5.74) is 0. The average molecular weight is 140 g/mol. The molecule has 3 heteroatoms. The zero-order valence-electron chi connectivity index (χ0n) is 6.54. The summed E-state index contributed by atoms with van der Waals surface area (Å²) in [7, 11) is 7.30. The van der Waals surface area contributed by atoms with Crippen molar-refractivity contribution in [2.24, 2.45) is 5.92 Å². The Labute approximate surface area is 63.3 Å². The number of methoxy groups -OCH3 is 1. The monoisotopic (exact) mass is 140 g/mol. The molecule has 0 spiro atoms. The molecule has 0 N–H and O–H groups in total. The molecule has 3 atom stereocenters. The Bertz CT molecular complexity index is 97.8. The lowest BCUT2D eigenvalue weighted by molar-refractivity contribution is 0.0231. The van der Waals surface area contributed by atoms with Crippen LogP contribution in [0, 0.1) is 5.92 Å². The maximum absolute atomic E-state index is 5.62. The lowest BCUT2D eigenvalue weighted by Crippen LogP contribution is -2.16. The number of ether oxygens (including phenoxy) is 2. The van der Waals surface area contributed by atoms with E-state index in [1.54, 1.807) is 7.11 Å². The molecule has 0 aromatic rings. The van der Waals surface area contributed by atoms with Crippen LogP contribution in [0.2, 0.25) is 0 Å². The van der Waals surface area contributed by atoms with Crippen molar-refractivity contribution in [3.63, 3.8) is 0 Å². The molecule has 2 radical (unpaired) electrons. The zero-order chi connectivity index (χ0) is 7.56. The van der Waals surface area contributed by atoms with Gasteiger partial charge in [0.05, 0.1) is 12.7 Å². The van der Waals surface area contributed by atoms with Crippen molar-refractivity contribution >= 4 is 7.85 Å². The van der Waals surface area contributed by atoms with Crippen molar-refractivity contribution in [1.29, 1.82) is 0 Å². The Kier molecular flexibility index (Phi) is 2.75. The number of hydrogen-bond acceptors (Lipinski definition) is 2. The average Bonchev–Trinajstić information content (AvgIpc) is 2.14.